The fourth-order valence-corrected chi connectivity index (χ4v) is 1.22. The van der Waals surface area contributed by atoms with Crippen molar-refractivity contribution in [2.75, 3.05) is 0 Å². The Morgan fingerprint density at radius 3 is 2.60 bits per heavy atom. The van der Waals surface area contributed by atoms with Crippen molar-refractivity contribution in [2.45, 2.75) is 6.73 Å². The van der Waals surface area contributed by atoms with Gasteiger partial charge in [-0.1, -0.05) is 17.3 Å². The number of aromatic nitrogens is 3. The first kappa shape index (κ1) is 9.37. The van der Waals surface area contributed by atoms with Gasteiger partial charge in [0.25, 0.3) is 0 Å². The molecular weight excluding hydrogens is 192 g/mol. The van der Waals surface area contributed by atoms with E-state index in [2.05, 4.69) is 10.3 Å². The minimum absolute atomic E-state index is 0.191. The third kappa shape index (κ3) is 1.85. The number of benzene rings is 1. The zero-order valence-electron chi connectivity index (χ0n) is 7.83. The van der Waals surface area contributed by atoms with E-state index in [1.807, 2.05) is 6.07 Å². The molecule has 0 aliphatic rings. The molecule has 0 saturated carbocycles. The second-order valence-corrected chi connectivity index (χ2v) is 2.97. The molecule has 0 aliphatic carbocycles. The summed E-state index contributed by atoms with van der Waals surface area (Å²) < 4.78 is 1.33. The predicted octanol–water partition coefficient (Wildman–Crippen LogP) is 0.767. The first-order chi connectivity index (χ1) is 7.33. The highest BCUT2D eigenvalue weighted by molar-refractivity contribution is 5.58. The highest BCUT2D eigenvalue weighted by Gasteiger charge is 2.02. The van der Waals surface area contributed by atoms with Gasteiger partial charge >= 0.3 is 0 Å². The van der Waals surface area contributed by atoms with E-state index in [-0.39, 0.29) is 6.73 Å². The van der Waals surface area contributed by atoms with Crippen LogP contribution in [0.2, 0.25) is 0 Å². The van der Waals surface area contributed by atoms with Gasteiger partial charge in [0.2, 0.25) is 0 Å². The second kappa shape index (κ2) is 3.90. The maximum absolute atomic E-state index is 8.80. The summed E-state index contributed by atoms with van der Waals surface area (Å²) in [5.41, 5.74) is 2.15. The number of rotatable bonds is 2. The zero-order chi connectivity index (χ0) is 10.7. The maximum Gasteiger partial charge on any atom is 0.137 e. The molecule has 0 bridgehead atoms. The molecule has 5 nitrogen and oxygen atoms in total. The first-order valence-electron chi connectivity index (χ1n) is 4.35. The molecule has 0 spiro atoms. The Bertz CT molecular complexity index is 495. The predicted molar refractivity (Wildman–Crippen MR) is 52.4 cm³/mol. The lowest BCUT2D eigenvalue weighted by atomic mass is 10.1. The zero-order valence-corrected chi connectivity index (χ0v) is 7.83. The van der Waals surface area contributed by atoms with E-state index in [0.717, 1.165) is 5.56 Å². The monoisotopic (exact) mass is 200 g/mol. The smallest absolute Gasteiger partial charge is 0.137 e. The van der Waals surface area contributed by atoms with Gasteiger partial charge in [-0.05, 0) is 12.1 Å². The quantitative estimate of drug-likeness (QED) is 0.776. The van der Waals surface area contributed by atoms with E-state index in [0.29, 0.717) is 11.3 Å². The van der Waals surface area contributed by atoms with Crippen molar-refractivity contribution >= 4 is 0 Å². The van der Waals surface area contributed by atoms with Crippen molar-refractivity contribution in [3.05, 3.63) is 36.0 Å². The summed E-state index contributed by atoms with van der Waals surface area (Å²) >= 11 is 0. The molecule has 1 aromatic heterocycles. The number of nitriles is 1. The lowest BCUT2D eigenvalue weighted by molar-refractivity contribution is 0.192. The van der Waals surface area contributed by atoms with Crippen LogP contribution in [0.25, 0.3) is 11.3 Å². The summed E-state index contributed by atoms with van der Waals surface area (Å²) in [7, 11) is 0. The van der Waals surface area contributed by atoms with Crippen molar-refractivity contribution in [3.63, 3.8) is 0 Å². The fraction of sp³-hybridized carbons (Fsp3) is 0.100. The Morgan fingerprint density at radius 1 is 1.33 bits per heavy atom. The van der Waals surface area contributed by atoms with Crippen LogP contribution in [0, 0.1) is 11.3 Å². The minimum Gasteiger partial charge on any atom is -0.374 e. The van der Waals surface area contributed by atoms with Crippen molar-refractivity contribution < 1.29 is 5.11 Å². The standard InChI is InChI=1S/C10H8N4O/c11-5-8-1-3-9(4-2-8)10-6-14(7-15)13-12-10/h1-4,6,15H,7H2. The lowest BCUT2D eigenvalue weighted by Gasteiger charge is -1.94. The third-order valence-electron chi connectivity index (χ3n) is 1.99. The van der Waals surface area contributed by atoms with Gasteiger partial charge in [-0.25, -0.2) is 4.68 Å². The van der Waals surface area contributed by atoms with E-state index >= 15 is 0 Å². The van der Waals surface area contributed by atoms with E-state index in [1.165, 1.54) is 4.68 Å². The van der Waals surface area contributed by atoms with E-state index in [9.17, 15) is 0 Å². The van der Waals surface area contributed by atoms with Crippen molar-refractivity contribution in [2.24, 2.45) is 0 Å². The fourth-order valence-electron chi connectivity index (χ4n) is 1.22. The number of hydrogen-bond donors (Lipinski definition) is 1. The van der Waals surface area contributed by atoms with Crippen LogP contribution in [0.1, 0.15) is 5.56 Å². The molecule has 1 N–H and O–H groups in total. The van der Waals surface area contributed by atoms with Gasteiger partial charge in [-0.3, -0.25) is 0 Å². The first-order valence-corrected chi connectivity index (χ1v) is 4.35. The molecule has 74 valence electrons. The molecule has 2 aromatic rings. The normalized spacial score (nSPS) is 9.87. The Balaban J connectivity index is 2.33. The molecule has 1 aromatic carbocycles. The van der Waals surface area contributed by atoms with Crippen LogP contribution in [0.5, 0.6) is 0 Å². The van der Waals surface area contributed by atoms with Gasteiger partial charge < -0.3 is 5.11 Å². The Hall–Kier alpha value is -2.19. The molecule has 0 atom stereocenters. The third-order valence-corrected chi connectivity index (χ3v) is 1.99. The van der Waals surface area contributed by atoms with Crippen molar-refractivity contribution in [1.82, 2.24) is 15.0 Å². The minimum atomic E-state index is -0.191. The lowest BCUT2D eigenvalue weighted by Crippen LogP contribution is -1.95. The molecule has 0 unspecified atom stereocenters. The van der Waals surface area contributed by atoms with Crippen LogP contribution in [-0.4, -0.2) is 20.1 Å². The van der Waals surface area contributed by atoms with Gasteiger partial charge in [0.05, 0.1) is 17.8 Å². The number of hydrogen-bond acceptors (Lipinski definition) is 4. The summed E-state index contributed by atoms with van der Waals surface area (Å²) in [5.74, 6) is 0. The largest absolute Gasteiger partial charge is 0.374 e. The summed E-state index contributed by atoms with van der Waals surface area (Å²) in [6.45, 7) is -0.191. The van der Waals surface area contributed by atoms with Crippen LogP contribution in [0.15, 0.2) is 30.5 Å². The Morgan fingerprint density at radius 2 is 2.07 bits per heavy atom. The van der Waals surface area contributed by atoms with Crippen molar-refractivity contribution in [1.29, 1.82) is 5.26 Å². The Labute approximate surface area is 86.2 Å². The molecule has 0 saturated heterocycles. The van der Waals surface area contributed by atoms with Gasteiger partial charge in [-0.2, -0.15) is 5.26 Å². The van der Waals surface area contributed by atoms with Crippen LogP contribution >= 0.6 is 0 Å². The molecule has 0 radical (unpaired) electrons. The van der Waals surface area contributed by atoms with Crippen LogP contribution in [-0.2, 0) is 6.73 Å². The van der Waals surface area contributed by atoms with Crippen LogP contribution < -0.4 is 0 Å². The van der Waals surface area contributed by atoms with Gasteiger partial charge in [0, 0.05) is 5.56 Å². The maximum atomic E-state index is 8.80. The van der Waals surface area contributed by atoms with Gasteiger partial charge in [0.15, 0.2) is 0 Å². The van der Waals surface area contributed by atoms with Crippen LogP contribution in [0.3, 0.4) is 0 Å². The molecule has 0 aliphatic heterocycles. The number of aliphatic hydroxyl groups is 1. The highest BCUT2D eigenvalue weighted by atomic mass is 16.3. The van der Waals surface area contributed by atoms with E-state index in [1.54, 1.807) is 30.5 Å². The highest BCUT2D eigenvalue weighted by Crippen LogP contribution is 2.16. The molecule has 15 heavy (non-hydrogen) atoms. The average Bonchev–Trinajstić information content (AvgIpc) is 2.78. The number of aliphatic hydroxyl groups excluding tert-OH is 1. The van der Waals surface area contributed by atoms with Gasteiger partial charge in [0.1, 0.15) is 12.4 Å². The van der Waals surface area contributed by atoms with Crippen molar-refractivity contribution in [3.8, 4) is 17.3 Å². The summed E-state index contributed by atoms with van der Waals surface area (Å²) in [6, 6.07) is 9.06. The topological polar surface area (TPSA) is 74.7 Å². The molecule has 0 fully saturated rings. The molecule has 0 amide bonds. The summed E-state index contributed by atoms with van der Waals surface area (Å²) in [6.07, 6.45) is 1.64. The molecular formula is C10H8N4O. The van der Waals surface area contributed by atoms with E-state index < -0.39 is 0 Å². The second-order valence-electron chi connectivity index (χ2n) is 2.97. The van der Waals surface area contributed by atoms with E-state index in [4.69, 9.17) is 10.4 Å². The van der Waals surface area contributed by atoms with Crippen LogP contribution in [0.4, 0.5) is 0 Å². The summed E-state index contributed by atoms with van der Waals surface area (Å²) in [4.78, 5) is 0. The molecule has 5 heteroatoms. The van der Waals surface area contributed by atoms with Gasteiger partial charge in [-0.15, -0.1) is 5.10 Å². The SMILES string of the molecule is N#Cc1ccc(-c2cn(CO)nn2)cc1. The molecule has 2 rings (SSSR count). The Kier molecular flexibility index (Phi) is 2.44. The average molecular weight is 200 g/mol. The summed E-state index contributed by atoms with van der Waals surface area (Å²) in [5, 5.41) is 25.0. The number of nitrogens with zero attached hydrogens (tertiary/aromatic N) is 4. The molecule has 1 heterocycles.